The standard InChI is InChI=1S/C26H34N4O2/c31-25(20-28-15-17-29(18-16-28)21-26(32)30-13-7-8-14-30)27-24(23-11-5-2-6-12-23)19-22-9-3-1-4-10-22/h1-6,9-12,24H,7-8,13-21H2,(H,27,31). The Labute approximate surface area is 191 Å². The van der Waals surface area contributed by atoms with Crippen molar-refractivity contribution in [2.75, 3.05) is 52.4 Å². The van der Waals surface area contributed by atoms with Crippen LogP contribution in [0.5, 0.6) is 0 Å². The molecule has 2 fully saturated rings. The lowest BCUT2D eigenvalue weighted by Gasteiger charge is -2.34. The molecule has 170 valence electrons. The van der Waals surface area contributed by atoms with Crippen molar-refractivity contribution < 1.29 is 9.59 Å². The Balaban J connectivity index is 1.26. The molecule has 4 rings (SSSR count). The summed E-state index contributed by atoms with van der Waals surface area (Å²) in [5, 5.41) is 3.25. The molecule has 0 spiro atoms. The van der Waals surface area contributed by atoms with Crippen molar-refractivity contribution in [3.8, 4) is 0 Å². The molecule has 2 aromatic carbocycles. The van der Waals surface area contributed by atoms with Gasteiger partial charge in [0.2, 0.25) is 11.8 Å². The number of likely N-dealkylation sites (tertiary alicyclic amines) is 1. The van der Waals surface area contributed by atoms with Gasteiger partial charge in [-0.3, -0.25) is 19.4 Å². The lowest BCUT2D eigenvalue weighted by molar-refractivity contribution is -0.132. The number of carbonyl (C=O) groups is 2. The molecule has 0 aliphatic carbocycles. The van der Waals surface area contributed by atoms with E-state index in [0.717, 1.165) is 64.1 Å². The van der Waals surface area contributed by atoms with Gasteiger partial charge in [-0.05, 0) is 30.4 Å². The molecule has 6 nitrogen and oxygen atoms in total. The first-order chi connectivity index (χ1) is 15.7. The third kappa shape index (κ3) is 6.40. The molecule has 2 aliphatic heterocycles. The van der Waals surface area contributed by atoms with E-state index in [2.05, 4.69) is 39.4 Å². The first-order valence-electron chi connectivity index (χ1n) is 11.8. The SMILES string of the molecule is O=C(CN1CCN(CC(=O)N2CCCC2)CC1)NC(Cc1ccccc1)c1ccccc1. The van der Waals surface area contributed by atoms with Crippen molar-refractivity contribution in [1.82, 2.24) is 20.0 Å². The molecule has 0 aromatic heterocycles. The van der Waals surface area contributed by atoms with Gasteiger partial charge in [-0.2, -0.15) is 0 Å². The van der Waals surface area contributed by atoms with E-state index in [1.807, 2.05) is 41.3 Å². The topological polar surface area (TPSA) is 55.9 Å². The Morgan fingerprint density at radius 1 is 0.750 bits per heavy atom. The van der Waals surface area contributed by atoms with Crippen LogP contribution >= 0.6 is 0 Å². The number of hydrogen-bond donors (Lipinski definition) is 1. The summed E-state index contributed by atoms with van der Waals surface area (Å²) in [6, 6.07) is 20.4. The molecule has 1 N–H and O–H groups in total. The highest BCUT2D eigenvalue weighted by atomic mass is 16.2. The van der Waals surface area contributed by atoms with Crippen molar-refractivity contribution in [1.29, 1.82) is 0 Å². The Morgan fingerprint density at radius 3 is 1.94 bits per heavy atom. The van der Waals surface area contributed by atoms with E-state index in [9.17, 15) is 9.59 Å². The van der Waals surface area contributed by atoms with E-state index in [1.54, 1.807) is 0 Å². The zero-order valence-corrected chi connectivity index (χ0v) is 18.8. The molecule has 1 unspecified atom stereocenters. The molecule has 2 aromatic rings. The van der Waals surface area contributed by atoms with Gasteiger partial charge in [0.1, 0.15) is 0 Å². The summed E-state index contributed by atoms with van der Waals surface area (Å²) in [6.45, 7) is 6.01. The highest BCUT2D eigenvalue weighted by Gasteiger charge is 2.25. The molecule has 0 bridgehead atoms. The molecule has 0 radical (unpaired) electrons. The monoisotopic (exact) mass is 434 g/mol. The van der Waals surface area contributed by atoms with E-state index in [0.29, 0.717) is 13.1 Å². The molecule has 0 saturated carbocycles. The number of carbonyl (C=O) groups excluding carboxylic acids is 2. The highest BCUT2D eigenvalue weighted by Crippen LogP contribution is 2.18. The molecule has 2 heterocycles. The summed E-state index contributed by atoms with van der Waals surface area (Å²) < 4.78 is 0. The van der Waals surface area contributed by atoms with Gasteiger partial charge in [-0.15, -0.1) is 0 Å². The van der Waals surface area contributed by atoms with E-state index < -0.39 is 0 Å². The van der Waals surface area contributed by atoms with Crippen LogP contribution in [0.3, 0.4) is 0 Å². The zero-order chi connectivity index (χ0) is 22.2. The Bertz CT molecular complexity index is 860. The smallest absolute Gasteiger partial charge is 0.236 e. The minimum Gasteiger partial charge on any atom is -0.348 e. The number of nitrogens with one attached hydrogen (secondary N) is 1. The van der Waals surface area contributed by atoms with Crippen LogP contribution < -0.4 is 5.32 Å². The molecular formula is C26H34N4O2. The van der Waals surface area contributed by atoms with Crippen molar-refractivity contribution in [2.24, 2.45) is 0 Å². The summed E-state index contributed by atoms with van der Waals surface area (Å²) in [5.74, 6) is 0.302. The average molecular weight is 435 g/mol. The van der Waals surface area contributed by atoms with Crippen molar-refractivity contribution >= 4 is 11.8 Å². The Kier molecular flexibility index (Phi) is 7.91. The number of piperazine rings is 1. The fraction of sp³-hybridized carbons (Fsp3) is 0.462. The van der Waals surface area contributed by atoms with Crippen LogP contribution in [-0.2, 0) is 16.0 Å². The van der Waals surface area contributed by atoms with Crippen LogP contribution in [-0.4, -0.2) is 78.9 Å². The third-order valence-electron chi connectivity index (χ3n) is 6.47. The Hall–Kier alpha value is -2.70. The Morgan fingerprint density at radius 2 is 1.31 bits per heavy atom. The zero-order valence-electron chi connectivity index (χ0n) is 18.8. The lowest BCUT2D eigenvalue weighted by Crippen LogP contribution is -2.52. The second-order valence-electron chi connectivity index (χ2n) is 8.86. The van der Waals surface area contributed by atoms with Crippen LogP contribution in [0.4, 0.5) is 0 Å². The van der Waals surface area contributed by atoms with Crippen molar-refractivity contribution in [3.05, 3.63) is 71.8 Å². The first-order valence-corrected chi connectivity index (χ1v) is 11.8. The maximum atomic E-state index is 12.9. The molecule has 2 amide bonds. The molecular weight excluding hydrogens is 400 g/mol. The fourth-order valence-electron chi connectivity index (χ4n) is 4.59. The second kappa shape index (κ2) is 11.2. The average Bonchev–Trinajstić information content (AvgIpc) is 3.36. The molecule has 1 atom stereocenters. The van der Waals surface area contributed by atoms with Crippen molar-refractivity contribution in [3.63, 3.8) is 0 Å². The summed E-state index contributed by atoms with van der Waals surface area (Å²) in [6.07, 6.45) is 3.02. The van der Waals surface area contributed by atoms with Crippen LogP contribution in [0, 0.1) is 0 Å². The van der Waals surface area contributed by atoms with E-state index >= 15 is 0 Å². The minimum absolute atomic E-state index is 0.0505. The predicted octanol–water partition coefficient (Wildman–Crippen LogP) is 2.33. The quantitative estimate of drug-likeness (QED) is 0.693. The highest BCUT2D eigenvalue weighted by molar-refractivity contribution is 5.79. The van der Waals surface area contributed by atoms with E-state index in [1.165, 1.54) is 5.56 Å². The van der Waals surface area contributed by atoms with Gasteiger partial charge in [-0.1, -0.05) is 60.7 Å². The summed E-state index contributed by atoms with van der Waals surface area (Å²) in [5.41, 5.74) is 2.33. The van der Waals surface area contributed by atoms with Crippen LogP contribution in [0.15, 0.2) is 60.7 Å². The minimum atomic E-state index is -0.0505. The van der Waals surface area contributed by atoms with Crippen molar-refractivity contribution in [2.45, 2.75) is 25.3 Å². The largest absolute Gasteiger partial charge is 0.348 e. The summed E-state index contributed by atoms with van der Waals surface area (Å²) >= 11 is 0. The number of rotatable bonds is 8. The van der Waals surface area contributed by atoms with Crippen LogP contribution in [0.1, 0.15) is 30.0 Å². The van der Waals surface area contributed by atoms with E-state index in [-0.39, 0.29) is 17.9 Å². The molecule has 2 aliphatic rings. The number of benzene rings is 2. The van der Waals surface area contributed by atoms with Crippen LogP contribution in [0.2, 0.25) is 0 Å². The normalized spacial score (nSPS) is 18.4. The summed E-state index contributed by atoms with van der Waals surface area (Å²) in [4.78, 5) is 31.7. The maximum Gasteiger partial charge on any atom is 0.236 e. The molecule has 6 heteroatoms. The van der Waals surface area contributed by atoms with E-state index in [4.69, 9.17) is 0 Å². The van der Waals surface area contributed by atoms with Gasteiger partial charge in [-0.25, -0.2) is 0 Å². The molecule has 32 heavy (non-hydrogen) atoms. The van der Waals surface area contributed by atoms with Gasteiger partial charge in [0, 0.05) is 39.3 Å². The maximum absolute atomic E-state index is 12.9. The second-order valence-corrected chi connectivity index (χ2v) is 8.86. The van der Waals surface area contributed by atoms with Gasteiger partial charge < -0.3 is 10.2 Å². The van der Waals surface area contributed by atoms with Gasteiger partial charge in [0.25, 0.3) is 0 Å². The van der Waals surface area contributed by atoms with Gasteiger partial charge in [0.15, 0.2) is 0 Å². The number of hydrogen-bond acceptors (Lipinski definition) is 4. The fourth-order valence-corrected chi connectivity index (χ4v) is 4.59. The summed E-state index contributed by atoms with van der Waals surface area (Å²) in [7, 11) is 0. The first kappa shape index (κ1) is 22.5. The van der Waals surface area contributed by atoms with Gasteiger partial charge in [0.05, 0.1) is 19.1 Å². The number of nitrogens with zero attached hydrogens (tertiary/aromatic N) is 3. The van der Waals surface area contributed by atoms with Crippen LogP contribution in [0.25, 0.3) is 0 Å². The van der Waals surface area contributed by atoms with Gasteiger partial charge >= 0.3 is 0 Å². The third-order valence-corrected chi connectivity index (χ3v) is 6.47. The molecule has 2 saturated heterocycles. The lowest BCUT2D eigenvalue weighted by atomic mass is 9.99. The predicted molar refractivity (Wildman–Crippen MR) is 126 cm³/mol. The number of amides is 2.